The Kier molecular flexibility index (Phi) is 2.48. The van der Waals surface area contributed by atoms with Crippen LogP contribution in [0, 0.1) is 0 Å². The Bertz CT molecular complexity index is 333. The summed E-state index contributed by atoms with van der Waals surface area (Å²) < 4.78 is 31.8. The van der Waals surface area contributed by atoms with E-state index in [-0.39, 0.29) is 13.0 Å². The highest BCUT2D eigenvalue weighted by Crippen LogP contribution is 2.64. The number of hydrogen-bond donors (Lipinski definition) is 1. The molecule has 3 atom stereocenters. The molecule has 16 heavy (non-hydrogen) atoms. The molecule has 1 N–H and O–H groups in total. The minimum atomic E-state index is -2.85. The summed E-state index contributed by atoms with van der Waals surface area (Å²) in [6.07, 6.45) is 0.0609. The first-order valence-corrected chi connectivity index (χ1v) is 5.66. The SMILES string of the molecule is CC(Cl)C(=O)NC1(C)CCOC12CC2(F)F. The summed E-state index contributed by atoms with van der Waals surface area (Å²) in [5, 5.41) is 1.85. The lowest BCUT2D eigenvalue weighted by molar-refractivity contribution is -0.124. The maximum atomic E-state index is 13.3. The van der Waals surface area contributed by atoms with Gasteiger partial charge in [-0.15, -0.1) is 11.6 Å². The standard InChI is InChI=1S/C10H14ClF2NO2/c1-6(11)7(15)14-8(2)3-4-16-9(8)5-10(9,12)13/h6H,3-5H2,1-2H3,(H,14,15). The number of alkyl halides is 3. The average Bonchev–Trinajstić information content (AvgIpc) is 2.54. The van der Waals surface area contributed by atoms with Crippen LogP contribution in [0.4, 0.5) is 8.78 Å². The molecule has 3 nitrogen and oxygen atoms in total. The number of nitrogens with one attached hydrogen (secondary N) is 1. The first-order chi connectivity index (χ1) is 7.24. The van der Waals surface area contributed by atoms with Crippen molar-refractivity contribution in [1.82, 2.24) is 5.32 Å². The van der Waals surface area contributed by atoms with Gasteiger partial charge in [-0.3, -0.25) is 4.79 Å². The number of carbonyl (C=O) groups is 1. The van der Waals surface area contributed by atoms with Crippen molar-refractivity contribution in [3.8, 4) is 0 Å². The van der Waals surface area contributed by atoms with Gasteiger partial charge in [0, 0.05) is 0 Å². The van der Waals surface area contributed by atoms with Crippen LogP contribution in [-0.2, 0) is 9.53 Å². The molecule has 1 aliphatic carbocycles. The Morgan fingerprint density at radius 3 is 2.56 bits per heavy atom. The van der Waals surface area contributed by atoms with Crippen LogP contribution in [0.2, 0.25) is 0 Å². The van der Waals surface area contributed by atoms with Crippen LogP contribution in [0.1, 0.15) is 26.7 Å². The predicted octanol–water partition coefficient (Wildman–Crippen LogP) is 1.69. The Morgan fingerprint density at radius 2 is 2.12 bits per heavy atom. The van der Waals surface area contributed by atoms with Crippen LogP contribution in [0.3, 0.4) is 0 Å². The molecule has 0 aromatic heterocycles. The summed E-state index contributed by atoms with van der Waals surface area (Å²) in [5.41, 5.74) is -2.53. The third-order valence-electron chi connectivity index (χ3n) is 3.54. The van der Waals surface area contributed by atoms with Crippen molar-refractivity contribution >= 4 is 17.5 Å². The summed E-state index contributed by atoms with van der Waals surface area (Å²) in [6, 6.07) is 0. The summed E-state index contributed by atoms with van der Waals surface area (Å²) in [4.78, 5) is 11.5. The largest absolute Gasteiger partial charge is 0.366 e. The molecular formula is C10H14ClF2NO2. The highest BCUT2D eigenvalue weighted by molar-refractivity contribution is 6.30. The molecule has 2 rings (SSSR count). The first kappa shape index (κ1) is 12.0. The molecule has 0 aromatic carbocycles. The van der Waals surface area contributed by atoms with E-state index in [1.165, 1.54) is 6.92 Å². The first-order valence-electron chi connectivity index (χ1n) is 5.22. The van der Waals surface area contributed by atoms with E-state index in [2.05, 4.69) is 5.32 Å². The second-order valence-corrected chi connectivity index (χ2v) is 5.40. The van der Waals surface area contributed by atoms with Crippen molar-refractivity contribution in [2.45, 2.75) is 49.1 Å². The minimum absolute atomic E-state index is 0.239. The highest BCUT2D eigenvalue weighted by Gasteiger charge is 2.82. The summed E-state index contributed by atoms with van der Waals surface area (Å²) in [6.45, 7) is 3.34. The van der Waals surface area contributed by atoms with Gasteiger partial charge >= 0.3 is 0 Å². The Balaban J connectivity index is 2.16. The van der Waals surface area contributed by atoms with Gasteiger partial charge in [0.25, 0.3) is 5.92 Å². The summed E-state index contributed by atoms with van der Waals surface area (Å²) in [7, 11) is 0. The van der Waals surface area contributed by atoms with Crippen molar-refractivity contribution in [1.29, 1.82) is 0 Å². The summed E-state index contributed by atoms with van der Waals surface area (Å²) >= 11 is 5.61. The van der Waals surface area contributed by atoms with Gasteiger partial charge in [-0.1, -0.05) is 0 Å². The number of carbonyl (C=O) groups excluding carboxylic acids is 1. The van der Waals surface area contributed by atoms with Crippen LogP contribution in [0.15, 0.2) is 0 Å². The average molecular weight is 254 g/mol. The van der Waals surface area contributed by atoms with Crippen molar-refractivity contribution < 1.29 is 18.3 Å². The number of amides is 1. The Morgan fingerprint density at radius 1 is 1.56 bits per heavy atom. The number of halogens is 3. The lowest BCUT2D eigenvalue weighted by Gasteiger charge is -2.32. The van der Waals surface area contributed by atoms with E-state index in [0.29, 0.717) is 6.42 Å². The summed E-state index contributed by atoms with van der Waals surface area (Å²) in [5.74, 6) is -3.28. The van der Waals surface area contributed by atoms with Gasteiger partial charge in [-0.05, 0) is 20.3 Å². The second-order valence-electron chi connectivity index (χ2n) is 4.74. The van der Waals surface area contributed by atoms with Crippen molar-refractivity contribution in [3.63, 3.8) is 0 Å². The molecule has 2 fully saturated rings. The second kappa shape index (κ2) is 3.29. The van der Waals surface area contributed by atoms with Gasteiger partial charge in [0.2, 0.25) is 5.91 Å². The van der Waals surface area contributed by atoms with Gasteiger partial charge in [0.15, 0.2) is 5.60 Å². The fraction of sp³-hybridized carbons (Fsp3) is 0.900. The molecule has 1 spiro atoms. The molecule has 1 amide bonds. The molecule has 1 heterocycles. The zero-order chi connectivity index (χ0) is 12.2. The van der Waals surface area contributed by atoms with Gasteiger partial charge in [-0.25, -0.2) is 8.78 Å². The van der Waals surface area contributed by atoms with Gasteiger partial charge in [-0.2, -0.15) is 0 Å². The molecule has 1 saturated carbocycles. The lowest BCUT2D eigenvalue weighted by Crippen LogP contribution is -2.56. The van der Waals surface area contributed by atoms with Crippen LogP contribution in [-0.4, -0.2) is 35.0 Å². The Labute approximate surface area is 97.5 Å². The fourth-order valence-corrected chi connectivity index (χ4v) is 2.40. The maximum absolute atomic E-state index is 13.3. The number of rotatable bonds is 2. The molecule has 1 aliphatic heterocycles. The van der Waals surface area contributed by atoms with Crippen molar-refractivity contribution in [3.05, 3.63) is 0 Å². The van der Waals surface area contributed by atoms with Crippen LogP contribution in [0.25, 0.3) is 0 Å². The van der Waals surface area contributed by atoms with Crippen molar-refractivity contribution in [2.24, 2.45) is 0 Å². The minimum Gasteiger partial charge on any atom is -0.366 e. The van der Waals surface area contributed by atoms with Crippen molar-refractivity contribution in [2.75, 3.05) is 6.61 Å². The molecule has 0 bridgehead atoms. The third-order valence-corrected chi connectivity index (χ3v) is 3.74. The van der Waals surface area contributed by atoms with Gasteiger partial charge in [0.05, 0.1) is 18.6 Å². The van der Waals surface area contributed by atoms with E-state index in [1.54, 1.807) is 6.92 Å². The maximum Gasteiger partial charge on any atom is 0.282 e. The van der Waals surface area contributed by atoms with Gasteiger partial charge < -0.3 is 10.1 Å². The molecule has 92 valence electrons. The van der Waals surface area contributed by atoms with E-state index < -0.39 is 28.3 Å². The lowest BCUT2D eigenvalue weighted by atomic mass is 9.90. The van der Waals surface area contributed by atoms with E-state index in [9.17, 15) is 13.6 Å². The van der Waals surface area contributed by atoms with E-state index in [1.807, 2.05) is 0 Å². The predicted molar refractivity (Wildman–Crippen MR) is 54.7 cm³/mol. The molecule has 3 unspecified atom stereocenters. The van der Waals surface area contributed by atoms with E-state index in [0.717, 1.165) is 0 Å². The monoisotopic (exact) mass is 253 g/mol. The fourth-order valence-electron chi connectivity index (χ4n) is 2.35. The normalized spacial score (nSPS) is 42.1. The molecular weight excluding hydrogens is 240 g/mol. The quantitative estimate of drug-likeness (QED) is 0.761. The molecule has 0 radical (unpaired) electrons. The topological polar surface area (TPSA) is 38.3 Å². The molecule has 6 heteroatoms. The molecule has 2 aliphatic rings. The zero-order valence-corrected chi connectivity index (χ0v) is 9.90. The number of hydrogen-bond acceptors (Lipinski definition) is 2. The molecule has 0 aromatic rings. The molecule has 1 saturated heterocycles. The third kappa shape index (κ3) is 1.44. The van der Waals surface area contributed by atoms with E-state index >= 15 is 0 Å². The van der Waals surface area contributed by atoms with Gasteiger partial charge in [0.1, 0.15) is 5.38 Å². The smallest absolute Gasteiger partial charge is 0.282 e. The van der Waals surface area contributed by atoms with Crippen LogP contribution < -0.4 is 5.32 Å². The number of ether oxygens (including phenoxy) is 1. The van der Waals surface area contributed by atoms with Crippen LogP contribution in [0.5, 0.6) is 0 Å². The van der Waals surface area contributed by atoms with E-state index in [4.69, 9.17) is 16.3 Å². The highest BCUT2D eigenvalue weighted by atomic mass is 35.5. The van der Waals surface area contributed by atoms with Crippen LogP contribution >= 0.6 is 11.6 Å². The zero-order valence-electron chi connectivity index (χ0n) is 9.15. The Hall–Kier alpha value is -0.420.